The molecule has 1 heteroatoms. The first-order chi connectivity index (χ1) is 5.85. The fourth-order valence-electron chi connectivity index (χ4n) is 1.23. The molecule has 12 heavy (non-hydrogen) atoms. The molecule has 0 radical (unpaired) electrons. The highest BCUT2D eigenvalue weighted by molar-refractivity contribution is 4.92. The summed E-state index contributed by atoms with van der Waals surface area (Å²) in [6.07, 6.45) is 11.0. The van der Waals surface area contributed by atoms with Gasteiger partial charge in [-0.25, -0.2) is 0 Å². The Hall–Kier alpha value is -0.300. The van der Waals surface area contributed by atoms with Gasteiger partial charge in [0.1, 0.15) is 0 Å². The third-order valence-corrected chi connectivity index (χ3v) is 2.06. The fourth-order valence-corrected chi connectivity index (χ4v) is 1.23. The van der Waals surface area contributed by atoms with Gasteiger partial charge in [0.25, 0.3) is 0 Å². The molecule has 0 aliphatic carbocycles. The molecule has 0 aromatic heterocycles. The molecule has 0 heterocycles. The van der Waals surface area contributed by atoms with Gasteiger partial charge in [-0.1, -0.05) is 45.3 Å². The summed E-state index contributed by atoms with van der Waals surface area (Å²) in [5, 5.41) is 3.29. The second-order valence-corrected chi connectivity index (χ2v) is 3.25. The van der Waals surface area contributed by atoms with Crippen molar-refractivity contribution >= 4 is 0 Å². The van der Waals surface area contributed by atoms with E-state index in [-0.39, 0.29) is 0 Å². The summed E-state index contributed by atoms with van der Waals surface area (Å²) >= 11 is 0. The molecule has 0 aromatic carbocycles. The van der Waals surface area contributed by atoms with Gasteiger partial charge in [0, 0.05) is 6.04 Å². The molecule has 72 valence electrons. The van der Waals surface area contributed by atoms with Crippen molar-refractivity contribution in [3.63, 3.8) is 0 Å². The molecule has 0 aliphatic heterocycles. The molecule has 0 rings (SSSR count). The number of hydrogen-bond donors (Lipinski definition) is 1. The predicted octanol–water partition coefficient (Wildman–Crippen LogP) is 3.12. The first-order valence-corrected chi connectivity index (χ1v) is 5.19. The van der Waals surface area contributed by atoms with E-state index in [2.05, 4.69) is 31.3 Å². The molecule has 0 saturated carbocycles. The van der Waals surface area contributed by atoms with Gasteiger partial charge >= 0.3 is 0 Å². The van der Waals surface area contributed by atoms with Crippen molar-refractivity contribution in [3.05, 3.63) is 12.2 Å². The molecule has 0 aliphatic rings. The Kier molecular flexibility index (Phi) is 8.57. The molecule has 1 unspecified atom stereocenters. The summed E-state index contributed by atoms with van der Waals surface area (Å²) < 4.78 is 0. The van der Waals surface area contributed by atoms with Crippen molar-refractivity contribution < 1.29 is 0 Å². The van der Waals surface area contributed by atoms with Crippen molar-refractivity contribution in [1.29, 1.82) is 0 Å². The van der Waals surface area contributed by atoms with E-state index in [0.29, 0.717) is 6.04 Å². The molecule has 1 nitrogen and oxygen atoms in total. The average Bonchev–Trinajstić information content (AvgIpc) is 2.10. The molecule has 0 fully saturated rings. The zero-order valence-corrected chi connectivity index (χ0v) is 8.77. The van der Waals surface area contributed by atoms with E-state index in [1.54, 1.807) is 0 Å². The van der Waals surface area contributed by atoms with Gasteiger partial charge in [-0.05, 0) is 19.9 Å². The molecule has 0 saturated heterocycles. The van der Waals surface area contributed by atoms with Gasteiger partial charge in [-0.15, -0.1) is 0 Å². The Morgan fingerprint density at radius 2 is 2.00 bits per heavy atom. The van der Waals surface area contributed by atoms with E-state index in [9.17, 15) is 0 Å². The predicted molar refractivity (Wildman–Crippen MR) is 56.4 cm³/mol. The lowest BCUT2D eigenvalue weighted by molar-refractivity contribution is 0.602. The van der Waals surface area contributed by atoms with Crippen molar-refractivity contribution in [3.8, 4) is 0 Å². The van der Waals surface area contributed by atoms with E-state index in [1.165, 1.54) is 32.1 Å². The second kappa shape index (κ2) is 8.79. The maximum absolute atomic E-state index is 3.29. The first-order valence-electron chi connectivity index (χ1n) is 5.19. The summed E-state index contributed by atoms with van der Waals surface area (Å²) in [5.74, 6) is 0. The van der Waals surface area contributed by atoms with Crippen LogP contribution in [0.2, 0.25) is 0 Å². The van der Waals surface area contributed by atoms with Crippen molar-refractivity contribution in [2.45, 2.75) is 52.0 Å². The van der Waals surface area contributed by atoms with Gasteiger partial charge in [-0.2, -0.15) is 0 Å². The molecule has 0 bridgehead atoms. The van der Waals surface area contributed by atoms with Crippen LogP contribution in [0.3, 0.4) is 0 Å². The minimum Gasteiger partial charge on any atom is -0.314 e. The van der Waals surface area contributed by atoms with Crippen LogP contribution in [0.15, 0.2) is 12.2 Å². The highest BCUT2D eigenvalue weighted by Crippen LogP contribution is 2.00. The normalized spacial score (nSPS) is 13.9. The number of rotatable bonds is 7. The Labute approximate surface area is 77.2 Å². The summed E-state index contributed by atoms with van der Waals surface area (Å²) in [5.41, 5.74) is 0. The van der Waals surface area contributed by atoms with Crippen LogP contribution >= 0.6 is 0 Å². The van der Waals surface area contributed by atoms with E-state index >= 15 is 0 Å². The smallest absolute Gasteiger partial charge is 0.0246 e. The molecule has 0 aromatic rings. The van der Waals surface area contributed by atoms with Gasteiger partial charge in [-0.3, -0.25) is 0 Å². The van der Waals surface area contributed by atoms with Crippen LogP contribution in [0.1, 0.15) is 46.0 Å². The van der Waals surface area contributed by atoms with E-state index in [0.717, 1.165) is 0 Å². The van der Waals surface area contributed by atoms with Crippen molar-refractivity contribution in [1.82, 2.24) is 5.32 Å². The van der Waals surface area contributed by atoms with Gasteiger partial charge in [0.05, 0.1) is 0 Å². The minimum absolute atomic E-state index is 0.590. The maximum atomic E-state index is 3.29. The van der Waals surface area contributed by atoms with Crippen molar-refractivity contribution in [2.24, 2.45) is 0 Å². The Morgan fingerprint density at radius 3 is 2.50 bits per heavy atom. The van der Waals surface area contributed by atoms with Crippen LogP contribution in [-0.2, 0) is 0 Å². The highest BCUT2D eigenvalue weighted by Gasteiger charge is 1.96. The molecular weight excluding hydrogens is 146 g/mol. The zero-order chi connectivity index (χ0) is 9.23. The van der Waals surface area contributed by atoms with E-state index in [4.69, 9.17) is 0 Å². The van der Waals surface area contributed by atoms with Gasteiger partial charge in [0.2, 0.25) is 0 Å². The lowest BCUT2D eigenvalue weighted by Crippen LogP contribution is -2.21. The molecule has 0 amide bonds. The van der Waals surface area contributed by atoms with Crippen LogP contribution in [0, 0.1) is 0 Å². The number of likely N-dealkylation sites (N-methyl/N-ethyl adjacent to an activating group) is 1. The Balaban J connectivity index is 3.46. The summed E-state index contributed by atoms with van der Waals surface area (Å²) in [6, 6.07) is 0.590. The quantitative estimate of drug-likeness (QED) is 0.456. The molecule has 0 spiro atoms. The molecule has 1 N–H and O–H groups in total. The standard InChI is InChI=1S/C11H23N/c1-4-6-7-8-10-11(12-3)9-5-2/h8,10-12H,4-7,9H2,1-3H3/b10-8-. The third kappa shape index (κ3) is 6.41. The number of allylic oxidation sites excluding steroid dienone is 1. The average molecular weight is 169 g/mol. The Bertz CT molecular complexity index is 108. The first kappa shape index (κ1) is 11.7. The van der Waals surface area contributed by atoms with E-state index < -0.39 is 0 Å². The van der Waals surface area contributed by atoms with Gasteiger partial charge < -0.3 is 5.32 Å². The molecule has 1 atom stereocenters. The SMILES string of the molecule is CCCC/C=C\C(CCC)NC. The zero-order valence-electron chi connectivity index (χ0n) is 8.77. The highest BCUT2D eigenvalue weighted by atomic mass is 14.8. The third-order valence-electron chi connectivity index (χ3n) is 2.06. The summed E-state index contributed by atoms with van der Waals surface area (Å²) in [6.45, 7) is 4.46. The Morgan fingerprint density at radius 1 is 1.25 bits per heavy atom. The van der Waals surface area contributed by atoms with Gasteiger partial charge in [0.15, 0.2) is 0 Å². The summed E-state index contributed by atoms with van der Waals surface area (Å²) in [4.78, 5) is 0. The number of nitrogens with one attached hydrogen (secondary N) is 1. The monoisotopic (exact) mass is 169 g/mol. The number of unbranched alkanes of at least 4 members (excludes halogenated alkanes) is 2. The van der Waals surface area contributed by atoms with Crippen LogP contribution in [0.4, 0.5) is 0 Å². The van der Waals surface area contributed by atoms with Crippen LogP contribution in [-0.4, -0.2) is 13.1 Å². The van der Waals surface area contributed by atoms with Crippen LogP contribution in [0.5, 0.6) is 0 Å². The number of hydrogen-bond acceptors (Lipinski definition) is 1. The molecular formula is C11H23N. The topological polar surface area (TPSA) is 12.0 Å². The lowest BCUT2D eigenvalue weighted by Gasteiger charge is -2.08. The fraction of sp³-hybridized carbons (Fsp3) is 0.818. The van der Waals surface area contributed by atoms with Crippen LogP contribution < -0.4 is 5.32 Å². The second-order valence-electron chi connectivity index (χ2n) is 3.25. The van der Waals surface area contributed by atoms with Crippen molar-refractivity contribution in [2.75, 3.05) is 7.05 Å². The summed E-state index contributed by atoms with van der Waals surface area (Å²) in [7, 11) is 2.03. The maximum Gasteiger partial charge on any atom is 0.0246 e. The van der Waals surface area contributed by atoms with Crippen LogP contribution in [0.25, 0.3) is 0 Å². The largest absolute Gasteiger partial charge is 0.314 e. The lowest BCUT2D eigenvalue weighted by atomic mass is 10.1. The van der Waals surface area contributed by atoms with E-state index in [1.807, 2.05) is 7.05 Å². The minimum atomic E-state index is 0.590.